The first-order valence-electron chi connectivity index (χ1n) is 7.65. The maximum Gasteiger partial charge on any atom is 0.326 e. The fraction of sp³-hybridized carbons (Fsp3) is 0.688. The van der Waals surface area contributed by atoms with E-state index in [1.165, 1.54) is 0 Å². The second-order valence-corrected chi connectivity index (χ2v) is 6.41. The van der Waals surface area contributed by atoms with Crippen molar-refractivity contribution in [3.05, 3.63) is 17.0 Å². The molecule has 0 fully saturated rings. The summed E-state index contributed by atoms with van der Waals surface area (Å²) in [6.45, 7) is 9.59. The van der Waals surface area contributed by atoms with Gasteiger partial charge in [-0.25, -0.2) is 4.79 Å². The lowest BCUT2D eigenvalue weighted by molar-refractivity contribution is -0.142. The van der Waals surface area contributed by atoms with Gasteiger partial charge in [0.05, 0.1) is 5.69 Å². The van der Waals surface area contributed by atoms with Crippen LogP contribution in [0.2, 0.25) is 0 Å². The quantitative estimate of drug-likeness (QED) is 0.805. The topological polar surface area (TPSA) is 84.2 Å². The van der Waals surface area contributed by atoms with Crippen LogP contribution in [0.3, 0.4) is 0 Å². The van der Waals surface area contributed by atoms with E-state index in [0.29, 0.717) is 12.8 Å². The average molecular weight is 309 g/mol. The molecular weight excluding hydrogens is 282 g/mol. The molecule has 0 saturated heterocycles. The van der Waals surface area contributed by atoms with Gasteiger partial charge in [-0.05, 0) is 38.2 Å². The summed E-state index contributed by atoms with van der Waals surface area (Å²) in [4.78, 5) is 23.5. The third-order valence-corrected chi connectivity index (χ3v) is 3.94. The third kappa shape index (κ3) is 4.58. The van der Waals surface area contributed by atoms with E-state index in [1.807, 2.05) is 41.7 Å². The molecule has 6 nitrogen and oxygen atoms in total. The summed E-state index contributed by atoms with van der Waals surface area (Å²) in [7, 11) is 1.87. The Morgan fingerprint density at radius 1 is 1.27 bits per heavy atom. The zero-order chi connectivity index (χ0) is 17.0. The summed E-state index contributed by atoms with van der Waals surface area (Å²) >= 11 is 0. The summed E-state index contributed by atoms with van der Waals surface area (Å²) in [5.41, 5.74) is 3.01. The smallest absolute Gasteiger partial charge is 0.326 e. The van der Waals surface area contributed by atoms with Crippen LogP contribution >= 0.6 is 0 Å². The standard InChI is InChI=1S/C16H27N3O3/c1-9(2)7-14(16(21)22)17-15(20)10(3)8-13-11(4)18-19(6)12(13)5/h9-10,14H,7-8H2,1-6H3,(H,17,20)(H,21,22)/t10?,14-/m0/s1. The molecule has 0 radical (unpaired) electrons. The number of nitrogens with zero attached hydrogens (tertiary/aromatic N) is 2. The number of carbonyl (C=O) groups excluding carboxylic acids is 1. The van der Waals surface area contributed by atoms with E-state index in [1.54, 1.807) is 4.68 Å². The van der Waals surface area contributed by atoms with Crippen LogP contribution in [0.15, 0.2) is 0 Å². The molecule has 1 unspecified atom stereocenters. The third-order valence-electron chi connectivity index (χ3n) is 3.94. The molecule has 2 atom stereocenters. The van der Waals surface area contributed by atoms with Crippen molar-refractivity contribution in [2.75, 3.05) is 0 Å². The van der Waals surface area contributed by atoms with Crippen LogP contribution in [0.1, 0.15) is 44.1 Å². The van der Waals surface area contributed by atoms with Crippen molar-refractivity contribution in [3.63, 3.8) is 0 Å². The molecule has 22 heavy (non-hydrogen) atoms. The Bertz CT molecular complexity index is 549. The van der Waals surface area contributed by atoms with Gasteiger partial charge in [0.15, 0.2) is 0 Å². The maximum absolute atomic E-state index is 12.3. The van der Waals surface area contributed by atoms with Crippen molar-refractivity contribution in [1.29, 1.82) is 0 Å². The molecule has 0 aliphatic rings. The second kappa shape index (κ2) is 7.42. The normalized spacial score (nSPS) is 14.0. The number of carboxylic acid groups (broad SMARTS) is 1. The highest BCUT2D eigenvalue weighted by atomic mass is 16.4. The first-order valence-corrected chi connectivity index (χ1v) is 7.65. The van der Waals surface area contributed by atoms with Crippen LogP contribution in [0.25, 0.3) is 0 Å². The summed E-state index contributed by atoms with van der Waals surface area (Å²) in [6, 6.07) is -0.828. The van der Waals surface area contributed by atoms with E-state index >= 15 is 0 Å². The molecule has 0 aliphatic heterocycles. The van der Waals surface area contributed by atoms with Crippen LogP contribution in [-0.4, -0.2) is 32.8 Å². The van der Waals surface area contributed by atoms with Gasteiger partial charge in [0.2, 0.25) is 5.91 Å². The van der Waals surface area contributed by atoms with Crippen LogP contribution in [0.4, 0.5) is 0 Å². The first kappa shape index (κ1) is 18.2. The zero-order valence-corrected chi connectivity index (χ0v) is 14.3. The molecule has 0 bridgehead atoms. The van der Waals surface area contributed by atoms with Crippen LogP contribution in [-0.2, 0) is 23.1 Å². The van der Waals surface area contributed by atoms with Crippen molar-refractivity contribution < 1.29 is 14.7 Å². The highest BCUT2D eigenvalue weighted by molar-refractivity contribution is 5.84. The minimum Gasteiger partial charge on any atom is -0.480 e. The van der Waals surface area contributed by atoms with Crippen LogP contribution in [0.5, 0.6) is 0 Å². The van der Waals surface area contributed by atoms with Gasteiger partial charge in [-0.1, -0.05) is 20.8 Å². The van der Waals surface area contributed by atoms with Crippen LogP contribution in [0, 0.1) is 25.7 Å². The number of carboxylic acids is 1. The lowest BCUT2D eigenvalue weighted by atomic mass is 9.97. The van der Waals surface area contributed by atoms with Crippen molar-refractivity contribution in [2.24, 2.45) is 18.9 Å². The Balaban J connectivity index is 2.74. The molecule has 1 rings (SSSR count). The summed E-state index contributed by atoms with van der Waals surface area (Å²) in [6.07, 6.45) is 0.990. The largest absolute Gasteiger partial charge is 0.480 e. The SMILES string of the molecule is Cc1nn(C)c(C)c1CC(C)C(=O)N[C@@H](CC(C)C)C(=O)O. The van der Waals surface area contributed by atoms with Crippen LogP contribution < -0.4 is 5.32 Å². The molecule has 0 spiro atoms. The van der Waals surface area contributed by atoms with Crippen molar-refractivity contribution in [2.45, 2.75) is 53.5 Å². The Morgan fingerprint density at radius 3 is 2.27 bits per heavy atom. The minimum absolute atomic E-state index is 0.208. The van der Waals surface area contributed by atoms with E-state index in [-0.39, 0.29) is 17.7 Å². The Labute approximate surface area is 131 Å². The molecule has 2 N–H and O–H groups in total. The average Bonchev–Trinajstić information content (AvgIpc) is 2.63. The highest BCUT2D eigenvalue weighted by Crippen LogP contribution is 2.17. The second-order valence-electron chi connectivity index (χ2n) is 6.41. The molecule has 0 aliphatic carbocycles. The molecule has 124 valence electrons. The van der Waals surface area contributed by atoms with E-state index in [0.717, 1.165) is 17.0 Å². The van der Waals surface area contributed by atoms with Gasteiger partial charge in [-0.2, -0.15) is 5.10 Å². The molecule has 0 aromatic carbocycles. The predicted molar refractivity (Wildman–Crippen MR) is 84.6 cm³/mol. The van der Waals surface area contributed by atoms with Crippen molar-refractivity contribution >= 4 is 11.9 Å². The number of aliphatic carboxylic acids is 1. The van der Waals surface area contributed by atoms with E-state index < -0.39 is 12.0 Å². The molecular formula is C16H27N3O3. The number of hydrogen-bond acceptors (Lipinski definition) is 3. The van der Waals surface area contributed by atoms with Gasteiger partial charge < -0.3 is 10.4 Å². The first-order chi connectivity index (χ1) is 10.1. The number of aromatic nitrogens is 2. The van der Waals surface area contributed by atoms with E-state index in [4.69, 9.17) is 0 Å². The number of rotatable bonds is 7. The Hall–Kier alpha value is -1.85. The molecule has 1 aromatic rings. The monoisotopic (exact) mass is 309 g/mol. The van der Waals surface area contributed by atoms with E-state index in [2.05, 4.69) is 10.4 Å². The van der Waals surface area contributed by atoms with Crippen molar-refractivity contribution in [1.82, 2.24) is 15.1 Å². The highest BCUT2D eigenvalue weighted by Gasteiger charge is 2.25. The summed E-state index contributed by atoms with van der Waals surface area (Å²) < 4.78 is 1.80. The molecule has 1 aromatic heterocycles. The molecule has 1 amide bonds. The number of carbonyl (C=O) groups is 2. The van der Waals surface area contributed by atoms with Gasteiger partial charge in [-0.15, -0.1) is 0 Å². The van der Waals surface area contributed by atoms with Gasteiger partial charge >= 0.3 is 5.97 Å². The Morgan fingerprint density at radius 2 is 1.86 bits per heavy atom. The maximum atomic E-state index is 12.3. The molecule has 6 heteroatoms. The summed E-state index contributed by atoms with van der Waals surface area (Å²) in [5.74, 6) is -1.30. The molecule has 0 saturated carbocycles. The fourth-order valence-corrected chi connectivity index (χ4v) is 2.52. The zero-order valence-electron chi connectivity index (χ0n) is 14.3. The number of aryl methyl sites for hydroxylation is 2. The van der Waals surface area contributed by atoms with Gasteiger partial charge in [0.1, 0.15) is 6.04 Å². The lowest BCUT2D eigenvalue weighted by Crippen LogP contribution is -2.44. The number of amides is 1. The lowest BCUT2D eigenvalue weighted by Gasteiger charge is -2.19. The fourth-order valence-electron chi connectivity index (χ4n) is 2.52. The molecule has 1 heterocycles. The number of nitrogens with one attached hydrogen (secondary N) is 1. The van der Waals surface area contributed by atoms with Crippen molar-refractivity contribution in [3.8, 4) is 0 Å². The van der Waals surface area contributed by atoms with Gasteiger partial charge in [-0.3, -0.25) is 9.48 Å². The summed E-state index contributed by atoms with van der Waals surface area (Å²) in [5, 5.41) is 16.2. The number of hydrogen-bond donors (Lipinski definition) is 2. The van der Waals surface area contributed by atoms with Gasteiger partial charge in [0.25, 0.3) is 0 Å². The van der Waals surface area contributed by atoms with E-state index in [9.17, 15) is 14.7 Å². The van der Waals surface area contributed by atoms with Gasteiger partial charge in [0, 0.05) is 18.7 Å². The minimum atomic E-state index is -0.983. The Kier molecular flexibility index (Phi) is 6.14. The predicted octanol–water partition coefficient (Wildman–Crippen LogP) is 1.83.